The second kappa shape index (κ2) is 6.70. The molecule has 0 aliphatic rings. The van der Waals surface area contributed by atoms with Crippen molar-refractivity contribution in [3.8, 4) is 0 Å². The number of hydrogen-bond donors (Lipinski definition) is 1. The highest BCUT2D eigenvalue weighted by Crippen LogP contribution is 2.19. The van der Waals surface area contributed by atoms with Gasteiger partial charge in [0.1, 0.15) is 0 Å². The minimum atomic E-state index is 0.511. The lowest BCUT2D eigenvalue weighted by Crippen LogP contribution is -2.20. The van der Waals surface area contributed by atoms with E-state index < -0.39 is 0 Å². The molecule has 1 atom stereocenters. The van der Waals surface area contributed by atoms with E-state index in [1.165, 1.54) is 17.5 Å². The quantitative estimate of drug-likeness (QED) is 0.764. The maximum Gasteiger partial charge on any atom is 0.0317 e. The van der Waals surface area contributed by atoms with Gasteiger partial charge < -0.3 is 5.32 Å². The number of benzene rings is 1. The first-order valence-corrected chi connectivity index (χ1v) is 6.49. The molecule has 0 heterocycles. The summed E-state index contributed by atoms with van der Waals surface area (Å²) in [5.74, 6) is 0.731. The zero-order chi connectivity index (χ0) is 12.0. The highest BCUT2D eigenvalue weighted by atomic mass is 14.9. The Morgan fingerprint density at radius 1 is 1.19 bits per heavy atom. The molecule has 16 heavy (non-hydrogen) atoms. The first-order chi connectivity index (χ1) is 7.67. The van der Waals surface area contributed by atoms with Gasteiger partial charge >= 0.3 is 0 Å². The van der Waals surface area contributed by atoms with Gasteiger partial charge in [-0.1, -0.05) is 52.0 Å². The van der Waals surface area contributed by atoms with E-state index in [1.807, 2.05) is 0 Å². The van der Waals surface area contributed by atoms with Crippen LogP contribution in [0.15, 0.2) is 24.3 Å². The predicted octanol–water partition coefficient (Wildman–Crippen LogP) is 3.95. The summed E-state index contributed by atoms with van der Waals surface area (Å²) in [6.07, 6.45) is 2.33. The van der Waals surface area contributed by atoms with Crippen molar-refractivity contribution in [1.82, 2.24) is 5.32 Å². The largest absolute Gasteiger partial charge is 0.310 e. The van der Waals surface area contributed by atoms with Crippen LogP contribution in [0.5, 0.6) is 0 Å². The van der Waals surface area contributed by atoms with E-state index in [9.17, 15) is 0 Å². The SMILES string of the molecule is CCNC(CC)c1cccc(CC(C)C)c1. The lowest BCUT2D eigenvalue weighted by Gasteiger charge is -2.17. The monoisotopic (exact) mass is 219 g/mol. The lowest BCUT2D eigenvalue weighted by atomic mass is 9.97. The van der Waals surface area contributed by atoms with Crippen LogP contribution in [-0.4, -0.2) is 6.54 Å². The molecule has 0 bridgehead atoms. The van der Waals surface area contributed by atoms with Crippen molar-refractivity contribution in [2.75, 3.05) is 6.54 Å². The molecule has 0 aromatic heterocycles. The standard InChI is InChI=1S/C15H25N/c1-5-15(16-6-2)14-9-7-8-13(11-14)10-12(3)4/h7-9,11-12,15-16H,5-6,10H2,1-4H3. The van der Waals surface area contributed by atoms with Crippen LogP contribution >= 0.6 is 0 Å². The maximum absolute atomic E-state index is 3.53. The fraction of sp³-hybridized carbons (Fsp3) is 0.600. The van der Waals surface area contributed by atoms with Crippen LogP contribution in [-0.2, 0) is 6.42 Å². The van der Waals surface area contributed by atoms with Crippen molar-refractivity contribution >= 4 is 0 Å². The molecule has 0 radical (unpaired) electrons. The second-order valence-corrected chi connectivity index (χ2v) is 4.86. The number of hydrogen-bond acceptors (Lipinski definition) is 1. The molecule has 0 fully saturated rings. The van der Waals surface area contributed by atoms with Gasteiger partial charge in [-0.3, -0.25) is 0 Å². The van der Waals surface area contributed by atoms with Crippen LogP contribution in [0.1, 0.15) is 51.3 Å². The minimum Gasteiger partial charge on any atom is -0.310 e. The first-order valence-electron chi connectivity index (χ1n) is 6.49. The molecule has 1 aromatic rings. The van der Waals surface area contributed by atoms with E-state index >= 15 is 0 Å². The Hall–Kier alpha value is -0.820. The smallest absolute Gasteiger partial charge is 0.0317 e. The number of rotatable bonds is 6. The molecular weight excluding hydrogens is 194 g/mol. The fourth-order valence-electron chi connectivity index (χ4n) is 2.15. The first kappa shape index (κ1) is 13.2. The van der Waals surface area contributed by atoms with E-state index in [4.69, 9.17) is 0 Å². The summed E-state index contributed by atoms with van der Waals surface area (Å²) < 4.78 is 0. The summed E-state index contributed by atoms with van der Waals surface area (Å²) in [5, 5.41) is 3.53. The van der Waals surface area contributed by atoms with Crippen molar-refractivity contribution in [3.63, 3.8) is 0 Å². The van der Waals surface area contributed by atoms with Crippen LogP contribution in [0.2, 0.25) is 0 Å². The Morgan fingerprint density at radius 3 is 2.50 bits per heavy atom. The summed E-state index contributed by atoms with van der Waals surface area (Å²) in [4.78, 5) is 0. The molecule has 0 aliphatic heterocycles. The van der Waals surface area contributed by atoms with Crippen molar-refractivity contribution in [3.05, 3.63) is 35.4 Å². The summed E-state index contributed by atoms with van der Waals surface area (Å²) in [7, 11) is 0. The Bertz CT molecular complexity index is 304. The van der Waals surface area contributed by atoms with E-state index in [0.29, 0.717) is 6.04 Å². The highest BCUT2D eigenvalue weighted by Gasteiger charge is 2.08. The van der Waals surface area contributed by atoms with E-state index in [-0.39, 0.29) is 0 Å². The third-order valence-electron chi connectivity index (χ3n) is 2.86. The molecule has 0 spiro atoms. The van der Waals surface area contributed by atoms with E-state index in [2.05, 4.69) is 57.3 Å². The molecule has 1 heteroatoms. The van der Waals surface area contributed by atoms with Crippen LogP contribution in [0.25, 0.3) is 0 Å². The van der Waals surface area contributed by atoms with Gasteiger partial charge in [0.15, 0.2) is 0 Å². The Kier molecular flexibility index (Phi) is 5.54. The normalized spacial score (nSPS) is 13.1. The summed E-state index contributed by atoms with van der Waals surface area (Å²) in [5.41, 5.74) is 2.89. The third-order valence-corrected chi connectivity index (χ3v) is 2.86. The summed E-state index contributed by atoms with van der Waals surface area (Å²) in [6.45, 7) is 9.98. The van der Waals surface area contributed by atoms with Gasteiger partial charge in [-0.25, -0.2) is 0 Å². The van der Waals surface area contributed by atoms with Crippen molar-refractivity contribution in [2.45, 2.75) is 46.6 Å². The molecule has 1 N–H and O–H groups in total. The van der Waals surface area contributed by atoms with Crippen LogP contribution < -0.4 is 5.32 Å². The molecule has 1 rings (SSSR count). The van der Waals surface area contributed by atoms with Crippen LogP contribution in [0.3, 0.4) is 0 Å². The summed E-state index contributed by atoms with van der Waals surface area (Å²) in [6, 6.07) is 9.53. The van der Waals surface area contributed by atoms with Crippen LogP contribution in [0, 0.1) is 5.92 Å². The van der Waals surface area contributed by atoms with Gasteiger partial charge in [-0.2, -0.15) is 0 Å². The zero-order valence-corrected chi connectivity index (χ0v) is 11.1. The van der Waals surface area contributed by atoms with Gasteiger partial charge in [-0.05, 0) is 36.4 Å². The Balaban J connectivity index is 2.79. The van der Waals surface area contributed by atoms with E-state index in [1.54, 1.807) is 0 Å². The predicted molar refractivity (Wildman–Crippen MR) is 71.7 cm³/mol. The fourth-order valence-corrected chi connectivity index (χ4v) is 2.15. The van der Waals surface area contributed by atoms with Gasteiger partial charge in [0.2, 0.25) is 0 Å². The Morgan fingerprint density at radius 2 is 1.94 bits per heavy atom. The number of nitrogens with one attached hydrogen (secondary N) is 1. The second-order valence-electron chi connectivity index (χ2n) is 4.86. The average molecular weight is 219 g/mol. The molecule has 1 aromatic carbocycles. The molecule has 0 saturated heterocycles. The molecule has 1 nitrogen and oxygen atoms in total. The third kappa shape index (κ3) is 3.97. The maximum atomic E-state index is 3.53. The van der Waals surface area contributed by atoms with Crippen molar-refractivity contribution in [2.24, 2.45) is 5.92 Å². The molecule has 90 valence electrons. The summed E-state index contributed by atoms with van der Waals surface area (Å²) >= 11 is 0. The molecule has 0 aliphatic carbocycles. The molecule has 0 amide bonds. The van der Waals surface area contributed by atoms with Crippen LogP contribution in [0.4, 0.5) is 0 Å². The van der Waals surface area contributed by atoms with Crippen molar-refractivity contribution in [1.29, 1.82) is 0 Å². The average Bonchev–Trinajstić information content (AvgIpc) is 2.25. The van der Waals surface area contributed by atoms with Gasteiger partial charge in [0, 0.05) is 6.04 Å². The Labute approximate surface area is 100 Å². The molecule has 0 saturated carbocycles. The topological polar surface area (TPSA) is 12.0 Å². The van der Waals surface area contributed by atoms with E-state index in [0.717, 1.165) is 18.9 Å². The van der Waals surface area contributed by atoms with Gasteiger partial charge in [0.25, 0.3) is 0 Å². The lowest BCUT2D eigenvalue weighted by molar-refractivity contribution is 0.536. The highest BCUT2D eigenvalue weighted by molar-refractivity contribution is 5.26. The van der Waals surface area contributed by atoms with Gasteiger partial charge in [-0.15, -0.1) is 0 Å². The molecule has 1 unspecified atom stereocenters. The molecular formula is C15H25N. The van der Waals surface area contributed by atoms with Gasteiger partial charge in [0.05, 0.1) is 0 Å². The minimum absolute atomic E-state index is 0.511. The van der Waals surface area contributed by atoms with Crippen molar-refractivity contribution < 1.29 is 0 Å². The zero-order valence-electron chi connectivity index (χ0n) is 11.1.